The van der Waals surface area contributed by atoms with Gasteiger partial charge < -0.3 is 0 Å². The van der Waals surface area contributed by atoms with Gasteiger partial charge in [-0.25, -0.2) is 12.8 Å². The lowest BCUT2D eigenvalue weighted by Gasteiger charge is -2.30. The second-order valence-corrected chi connectivity index (χ2v) is 9.88. The van der Waals surface area contributed by atoms with Gasteiger partial charge in [0.25, 0.3) is 0 Å². The highest BCUT2D eigenvalue weighted by molar-refractivity contribution is 7.89. The zero-order chi connectivity index (χ0) is 19.6. The van der Waals surface area contributed by atoms with Crippen molar-refractivity contribution in [3.63, 3.8) is 0 Å². The fourth-order valence-electron chi connectivity index (χ4n) is 3.39. The molecular weight excluding hydrogens is 397 g/mol. The van der Waals surface area contributed by atoms with Crippen molar-refractivity contribution >= 4 is 21.4 Å². The first-order valence-electron chi connectivity index (χ1n) is 9.14. The van der Waals surface area contributed by atoms with Crippen LogP contribution in [0.3, 0.4) is 0 Å². The predicted molar refractivity (Wildman–Crippen MR) is 106 cm³/mol. The van der Waals surface area contributed by atoms with E-state index in [9.17, 15) is 12.8 Å². The minimum Gasteiger partial charge on any atom is -0.207 e. The monoisotopic (exact) mass is 417 g/mol. The Balaban J connectivity index is 1.49. The Hall–Kier alpha value is -2.16. The molecule has 8 heteroatoms. The lowest BCUT2D eigenvalue weighted by Crippen LogP contribution is -2.39. The molecule has 146 valence electrons. The van der Waals surface area contributed by atoms with E-state index in [1.807, 2.05) is 18.2 Å². The van der Waals surface area contributed by atoms with Gasteiger partial charge in [-0.15, -0.1) is 21.5 Å². The van der Waals surface area contributed by atoms with E-state index in [0.717, 1.165) is 29.3 Å². The summed E-state index contributed by atoms with van der Waals surface area (Å²) in [4.78, 5) is 0.122. The van der Waals surface area contributed by atoms with E-state index < -0.39 is 15.8 Å². The van der Waals surface area contributed by atoms with Crippen molar-refractivity contribution in [3.05, 3.63) is 76.0 Å². The van der Waals surface area contributed by atoms with Gasteiger partial charge >= 0.3 is 0 Å². The number of sulfonamides is 1. The van der Waals surface area contributed by atoms with Crippen molar-refractivity contribution in [1.29, 1.82) is 0 Å². The van der Waals surface area contributed by atoms with E-state index in [4.69, 9.17) is 0 Å². The summed E-state index contributed by atoms with van der Waals surface area (Å²) >= 11 is 1.55. The number of halogens is 1. The fraction of sp³-hybridized carbons (Fsp3) is 0.300. The Bertz CT molecular complexity index is 1040. The summed E-state index contributed by atoms with van der Waals surface area (Å²) in [5.41, 5.74) is 1.18. The molecule has 0 saturated carbocycles. The maximum atomic E-state index is 13.1. The van der Waals surface area contributed by atoms with E-state index in [2.05, 4.69) is 22.3 Å². The minimum absolute atomic E-state index is 0.0333. The number of aromatic nitrogens is 2. The van der Waals surface area contributed by atoms with Crippen LogP contribution in [0, 0.1) is 5.82 Å². The predicted octanol–water partition coefficient (Wildman–Crippen LogP) is 3.84. The summed E-state index contributed by atoms with van der Waals surface area (Å²) < 4.78 is 40.4. The lowest BCUT2D eigenvalue weighted by molar-refractivity contribution is 0.314. The average Bonchev–Trinajstić information content (AvgIpc) is 3.18. The molecule has 0 N–H and O–H groups in total. The van der Waals surface area contributed by atoms with Gasteiger partial charge in [0, 0.05) is 25.4 Å². The van der Waals surface area contributed by atoms with Crippen molar-refractivity contribution in [2.24, 2.45) is 0 Å². The van der Waals surface area contributed by atoms with E-state index in [-0.39, 0.29) is 10.8 Å². The van der Waals surface area contributed by atoms with Gasteiger partial charge in [0.1, 0.15) is 15.8 Å². The van der Waals surface area contributed by atoms with Crippen LogP contribution in [0.2, 0.25) is 0 Å². The van der Waals surface area contributed by atoms with Crippen LogP contribution < -0.4 is 0 Å². The molecular formula is C20H20FN3O2S2. The summed E-state index contributed by atoms with van der Waals surface area (Å²) in [6, 6.07) is 15.1. The molecule has 1 unspecified atom stereocenters. The van der Waals surface area contributed by atoms with E-state index in [0.29, 0.717) is 13.1 Å². The van der Waals surface area contributed by atoms with Gasteiger partial charge in [-0.3, -0.25) is 0 Å². The third-order valence-electron chi connectivity index (χ3n) is 4.87. The Morgan fingerprint density at radius 3 is 2.57 bits per heavy atom. The van der Waals surface area contributed by atoms with Gasteiger partial charge in [0.15, 0.2) is 0 Å². The van der Waals surface area contributed by atoms with Crippen LogP contribution in [0.25, 0.3) is 0 Å². The summed E-state index contributed by atoms with van der Waals surface area (Å²) in [5, 5.41) is 10.4. The quantitative estimate of drug-likeness (QED) is 0.633. The molecule has 1 aliphatic heterocycles. The van der Waals surface area contributed by atoms with Crippen LogP contribution in [0.15, 0.2) is 59.5 Å². The summed E-state index contributed by atoms with van der Waals surface area (Å²) in [5.74, 6) is -0.415. The van der Waals surface area contributed by atoms with Crippen molar-refractivity contribution in [3.8, 4) is 0 Å². The van der Waals surface area contributed by atoms with Gasteiger partial charge in [0.05, 0.1) is 4.90 Å². The van der Waals surface area contributed by atoms with Crippen LogP contribution in [0.4, 0.5) is 4.39 Å². The number of benzene rings is 2. The standard InChI is InChI=1S/C20H20FN3O2S2/c21-17-8-10-18(11-9-17)28(25,26)24-12-4-7-16(14-24)20-23-22-19(27-20)13-15-5-2-1-3-6-15/h1-3,5-6,8-11,16H,4,7,12-14H2. The largest absolute Gasteiger partial charge is 0.243 e. The number of rotatable bonds is 5. The molecule has 0 spiro atoms. The molecule has 0 amide bonds. The van der Waals surface area contributed by atoms with Crippen LogP contribution in [-0.2, 0) is 16.4 Å². The topological polar surface area (TPSA) is 63.2 Å². The zero-order valence-electron chi connectivity index (χ0n) is 15.2. The summed E-state index contributed by atoms with van der Waals surface area (Å²) in [7, 11) is -3.64. The Morgan fingerprint density at radius 2 is 1.82 bits per heavy atom. The third-order valence-corrected chi connectivity index (χ3v) is 7.83. The van der Waals surface area contributed by atoms with Crippen molar-refractivity contribution in [2.45, 2.75) is 30.1 Å². The highest BCUT2D eigenvalue weighted by Gasteiger charge is 2.32. The maximum absolute atomic E-state index is 13.1. The van der Waals surface area contributed by atoms with Crippen LogP contribution in [0.1, 0.15) is 34.3 Å². The first-order chi connectivity index (χ1) is 13.5. The first-order valence-corrected chi connectivity index (χ1v) is 11.4. The molecule has 1 saturated heterocycles. The molecule has 3 aromatic rings. The van der Waals surface area contributed by atoms with Gasteiger partial charge in [-0.05, 0) is 42.7 Å². The van der Waals surface area contributed by atoms with E-state index >= 15 is 0 Å². The van der Waals surface area contributed by atoms with E-state index in [1.54, 1.807) is 11.3 Å². The molecule has 1 aliphatic rings. The molecule has 5 nitrogen and oxygen atoms in total. The SMILES string of the molecule is O=S(=O)(c1ccc(F)cc1)N1CCCC(c2nnc(Cc3ccccc3)s2)C1. The van der Waals surface area contributed by atoms with Crippen LogP contribution in [0.5, 0.6) is 0 Å². The van der Waals surface area contributed by atoms with Crippen molar-refractivity contribution < 1.29 is 12.8 Å². The highest BCUT2D eigenvalue weighted by Crippen LogP contribution is 2.32. The summed E-state index contributed by atoms with van der Waals surface area (Å²) in [6.45, 7) is 0.839. The van der Waals surface area contributed by atoms with Gasteiger partial charge in [-0.2, -0.15) is 4.31 Å². The molecule has 4 rings (SSSR count). The van der Waals surface area contributed by atoms with Crippen LogP contribution in [-0.4, -0.2) is 36.0 Å². The molecule has 28 heavy (non-hydrogen) atoms. The van der Waals surface area contributed by atoms with E-state index in [1.165, 1.54) is 34.1 Å². The number of nitrogens with zero attached hydrogens (tertiary/aromatic N) is 3. The highest BCUT2D eigenvalue weighted by atomic mass is 32.2. The Morgan fingerprint density at radius 1 is 1.07 bits per heavy atom. The van der Waals surface area contributed by atoms with Crippen molar-refractivity contribution in [1.82, 2.24) is 14.5 Å². The Kier molecular flexibility index (Phi) is 5.52. The molecule has 1 fully saturated rings. The van der Waals surface area contributed by atoms with Gasteiger partial charge in [0.2, 0.25) is 10.0 Å². The Labute approximate surface area is 167 Å². The van der Waals surface area contributed by atoms with Gasteiger partial charge in [-0.1, -0.05) is 30.3 Å². The number of piperidine rings is 1. The maximum Gasteiger partial charge on any atom is 0.243 e. The second-order valence-electron chi connectivity index (χ2n) is 6.85. The second kappa shape index (κ2) is 8.06. The molecule has 1 aromatic heterocycles. The number of hydrogen-bond donors (Lipinski definition) is 0. The van der Waals surface area contributed by atoms with Crippen LogP contribution >= 0.6 is 11.3 Å². The molecule has 0 bridgehead atoms. The fourth-order valence-corrected chi connectivity index (χ4v) is 5.92. The smallest absolute Gasteiger partial charge is 0.207 e. The molecule has 0 radical (unpaired) electrons. The molecule has 2 heterocycles. The minimum atomic E-state index is -3.64. The average molecular weight is 418 g/mol. The molecule has 1 atom stereocenters. The normalized spacial score (nSPS) is 18.2. The zero-order valence-corrected chi connectivity index (χ0v) is 16.8. The summed E-state index contributed by atoms with van der Waals surface area (Å²) in [6.07, 6.45) is 2.37. The third kappa shape index (κ3) is 4.14. The van der Waals surface area contributed by atoms with Crippen molar-refractivity contribution in [2.75, 3.05) is 13.1 Å². The molecule has 2 aromatic carbocycles. The molecule has 0 aliphatic carbocycles. The first kappa shape index (κ1) is 19.2. The number of hydrogen-bond acceptors (Lipinski definition) is 5. The lowest BCUT2D eigenvalue weighted by atomic mass is 10.0.